The summed E-state index contributed by atoms with van der Waals surface area (Å²) in [5.41, 5.74) is 3.07. The van der Waals surface area contributed by atoms with Crippen LogP contribution in [0.3, 0.4) is 0 Å². The summed E-state index contributed by atoms with van der Waals surface area (Å²) in [7, 11) is 3.38. The van der Waals surface area contributed by atoms with Gasteiger partial charge in [0.1, 0.15) is 0 Å². The lowest BCUT2D eigenvalue weighted by Crippen LogP contribution is -2.51. The number of aromatic nitrogens is 2. The first-order chi connectivity index (χ1) is 10.4. The van der Waals surface area contributed by atoms with Crippen molar-refractivity contribution in [2.75, 3.05) is 33.8 Å². The molecule has 1 atom stereocenters. The van der Waals surface area contributed by atoms with Crippen molar-refractivity contribution in [3.05, 3.63) is 17.0 Å². The predicted molar refractivity (Wildman–Crippen MR) is 81.4 cm³/mol. The third-order valence-electron chi connectivity index (χ3n) is 4.06. The molecule has 0 aromatic carbocycles. The molecule has 7 nitrogen and oxygen atoms in total. The van der Waals surface area contributed by atoms with Crippen molar-refractivity contribution in [1.82, 2.24) is 20.0 Å². The Kier molecular flexibility index (Phi) is 5.18. The highest BCUT2D eigenvalue weighted by atomic mass is 16.5. The molecule has 0 radical (unpaired) electrons. The molecule has 1 aliphatic heterocycles. The molecule has 1 aromatic heterocycles. The van der Waals surface area contributed by atoms with E-state index in [2.05, 4.69) is 10.2 Å². The minimum Gasteiger partial charge on any atom is -0.365 e. The number of rotatable bonds is 4. The van der Waals surface area contributed by atoms with Gasteiger partial charge in [0.2, 0.25) is 5.91 Å². The number of hydrogen-bond donors (Lipinski definition) is 1. The maximum atomic E-state index is 12.3. The van der Waals surface area contributed by atoms with E-state index in [9.17, 15) is 9.59 Å². The fourth-order valence-corrected chi connectivity index (χ4v) is 2.48. The Morgan fingerprint density at radius 2 is 2.14 bits per heavy atom. The molecule has 0 unspecified atom stereocenters. The molecule has 1 fully saturated rings. The Hall–Kier alpha value is -1.89. The number of amides is 2. The van der Waals surface area contributed by atoms with Gasteiger partial charge in [-0.1, -0.05) is 0 Å². The van der Waals surface area contributed by atoms with Crippen LogP contribution in [0.25, 0.3) is 0 Å². The normalized spacial score (nSPS) is 18.4. The van der Waals surface area contributed by atoms with Crippen molar-refractivity contribution in [3.8, 4) is 0 Å². The zero-order valence-corrected chi connectivity index (χ0v) is 13.7. The summed E-state index contributed by atoms with van der Waals surface area (Å²) in [4.78, 5) is 27.5. The largest absolute Gasteiger partial charge is 0.365 e. The summed E-state index contributed by atoms with van der Waals surface area (Å²) in [5, 5.41) is 7.15. The molecular weight excluding hydrogens is 284 g/mol. The van der Waals surface area contributed by atoms with Crippen LogP contribution in [0, 0.1) is 13.8 Å². The molecule has 1 saturated heterocycles. The second kappa shape index (κ2) is 6.91. The Morgan fingerprint density at radius 3 is 2.73 bits per heavy atom. The summed E-state index contributed by atoms with van der Waals surface area (Å²) in [6.45, 7) is 5.23. The van der Waals surface area contributed by atoms with Gasteiger partial charge in [-0.25, -0.2) is 0 Å². The number of nitrogens with zero attached hydrogens (tertiary/aromatic N) is 3. The van der Waals surface area contributed by atoms with Crippen LogP contribution in [-0.4, -0.2) is 71.7 Å². The quantitative estimate of drug-likeness (QED) is 0.866. The van der Waals surface area contributed by atoms with Crippen molar-refractivity contribution in [1.29, 1.82) is 0 Å². The van der Waals surface area contributed by atoms with Gasteiger partial charge in [-0.15, -0.1) is 0 Å². The van der Waals surface area contributed by atoms with Crippen LogP contribution in [-0.2, 0) is 20.7 Å². The molecule has 1 N–H and O–H groups in total. The number of likely N-dealkylation sites (N-methyl/N-ethyl adjacent to an activating group) is 1. The van der Waals surface area contributed by atoms with E-state index in [4.69, 9.17) is 4.74 Å². The second-order valence-electron chi connectivity index (χ2n) is 5.85. The Labute approximate surface area is 130 Å². The summed E-state index contributed by atoms with van der Waals surface area (Å²) in [6, 6.07) is 0. The van der Waals surface area contributed by atoms with E-state index in [0.717, 1.165) is 17.0 Å². The van der Waals surface area contributed by atoms with E-state index in [1.54, 1.807) is 19.0 Å². The lowest BCUT2D eigenvalue weighted by molar-refractivity contribution is -0.152. The van der Waals surface area contributed by atoms with Crippen molar-refractivity contribution in [3.63, 3.8) is 0 Å². The molecule has 1 aliphatic rings. The highest BCUT2D eigenvalue weighted by Crippen LogP contribution is 2.13. The van der Waals surface area contributed by atoms with Crippen molar-refractivity contribution in [2.45, 2.75) is 32.8 Å². The molecule has 0 saturated carbocycles. The highest BCUT2D eigenvalue weighted by Gasteiger charge is 2.30. The molecular formula is C15H24N4O3. The first-order valence-corrected chi connectivity index (χ1v) is 7.51. The molecule has 2 rings (SSSR count). The zero-order chi connectivity index (χ0) is 16.3. The number of morpholine rings is 1. The second-order valence-corrected chi connectivity index (χ2v) is 5.85. The Morgan fingerprint density at radius 1 is 1.41 bits per heavy atom. The summed E-state index contributed by atoms with van der Waals surface area (Å²) < 4.78 is 5.46. The number of H-pyrrole nitrogens is 1. The number of carbonyl (C=O) groups excluding carboxylic acids is 2. The third kappa shape index (κ3) is 3.65. The highest BCUT2D eigenvalue weighted by molar-refractivity contribution is 5.82. The van der Waals surface area contributed by atoms with E-state index >= 15 is 0 Å². The smallest absolute Gasteiger partial charge is 0.253 e. The molecule has 0 aliphatic carbocycles. The van der Waals surface area contributed by atoms with E-state index in [1.165, 1.54) is 4.90 Å². The Bertz CT molecular complexity index is 553. The number of hydrogen-bond acceptors (Lipinski definition) is 4. The number of nitrogens with one attached hydrogen (secondary N) is 1. The van der Waals surface area contributed by atoms with Gasteiger partial charge in [-0.2, -0.15) is 5.10 Å². The van der Waals surface area contributed by atoms with Crippen molar-refractivity contribution in [2.24, 2.45) is 0 Å². The number of ether oxygens (including phenoxy) is 1. The van der Waals surface area contributed by atoms with Gasteiger partial charge < -0.3 is 14.5 Å². The zero-order valence-electron chi connectivity index (χ0n) is 13.7. The van der Waals surface area contributed by atoms with Crippen LogP contribution < -0.4 is 0 Å². The molecule has 1 aromatic rings. The predicted octanol–water partition coefficient (Wildman–Crippen LogP) is 0.275. The molecule has 122 valence electrons. The lowest BCUT2D eigenvalue weighted by Gasteiger charge is -2.33. The Balaban J connectivity index is 1.89. The first kappa shape index (κ1) is 16.5. The van der Waals surface area contributed by atoms with E-state index in [-0.39, 0.29) is 11.8 Å². The number of aryl methyl sites for hydroxylation is 2. The van der Waals surface area contributed by atoms with E-state index in [0.29, 0.717) is 32.5 Å². The standard InChI is InChI=1S/C15H24N4O3/c1-10-11(2)16-17-12(10)5-6-14(20)19-7-8-22-13(9-19)15(21)18(3)4/h13H,5-9H2,1-4H3,(H,16,17)/t13-/m1/s1. The third-order valence-corrected chi connectivity index (χ3v) is 4.06. The van der Waals surface area contributed by atoms with Crippen molar-refractivity contribution < 1.29 is 14.3 Å². The van der Waals surface area contributed by atoms with Crippen molar-refractivity contribution >= 4 is 11.8 Å². The fourth-order valence-electron chi connectivity index (χ4n) is 2.48. The SMILES string of the molecule is Cc1[nH]nc(CCC(=O)N2CCO[C@@H](C(=O)N(C)C)C2)c1C. The molecule has 2 amide bonds. The van der Waals surface area contributed by atoms with Crippen LogP contribution in [0.15, 0.2) is 0 Å². The summed E-state index contributed by atoms with van der Waals surface area (Å²) >= 11 is 0. The monoisotopic (exact) mass is 308 g/mol. The summed E-state index contributed by atoms with van der Waals surface area (Å²) in [6.07, 6.45) is 0.453. The van der Waals surface area contributed by atoms with Crippen LogP contribution in [0.1, 0.15) is 23.4 Å². The van der Waals surface area contributed by atoms with Gasteiger partial charge >= 0.3 is 0 Å². The maximum absolute atomic E-state index is 12.3. The molecule has 0 spiro atoms. The average molecular weight is 308 g/mol. The van der Waals surface area contributed by atoms with Gasteiger partial charge in [-0.3, -0.25) is 14.7 Å². The van der Waals surface area contributed by atoms with Gasteiger partial charge in [0.25, 0.3) is 5.91 Å². The topological polar surface area (TPSA) is 78.5 Å². The maximum Gasteiger partial charge on any atom is 0.253 e. The molecule has 22 heavy (non-hydrogen) atoms. The van der Waals surface area contributed by atoms with E-state index < -0.39 is 6.10 Å². The molecule has 0 bridgehead atoms. The minimum absolute atomic E-state index is 0.0416. The van der Waals surface area contributed by atoms with Gasteiger partial charge in [0, 0.05) is 39.2 Å². The van der Waals surface area contributed by atoms with Crippen LogP contribution >= 0.6 is 0 Å². The molecule has 7 heteroatoms. The lowest BCUT2D eigenvalue weighted by atomic mass is 10.1. The van der Waals surface area contributed by atoms with Gasteiger partial charge in [-0.05, 0) is 19.4 Å². The van der Waals surface area contributed by atoms with E-state index in [1.807, 2.05) is 13.8 Å². The fraction of sp³-hybridized carbons (Fsp3) is 0.667. The van der Waals surface area contributed by atoms with Crippen LogP contribution in [0.5, 0.6) is 0 Å². The summed E-state index contributed by atoms with van der Waals surface area (Å²) in [5.74, 6) is -0.0591. The molecule has 2 heterocycles. The van der Waals surface area contributed by atoms with Gasteiger partial charge in [0.05, 0.1) is 18.8 Å². The van der Waals surface area contributed by atoms with Gasteiger partial charge in [0.15, 0.2) is 6.10 Å². The first-order valence-electron chi connectivity index (χ1n) is 7.51. The number of carbonyl (C=O) groups is 2. The average Bonchev–Trinajstić information content (AvgIpc) is 2.83. The minimum atomic E-state index is -0.554. The van der Waals surface area contributed by atoms with Crippen LogP contribution in [0.2, 0.25) is 0 Å². The number of aromatic amines is 1. The van der Waals surface area contributed by atoms with Crippen LogP contribution in [0.4, 0.5) is 0 Å².